The molecular weight excluding hydrogens is 188 g/mol. The van der Waals surface area contributed by atoms with Crippen molar-refractivity contribution in [1.82, 2.24) is 0 Å². The van der Waals surface area contributed by atoms with Crippen LogP contribution in [0.3, 0.4) is 0 Å². The molecular formula is C13H14O2. The average Bonchev–Trinajstić information content (AvgIpc) is 2.78. The third-order valence-corrected chi connectivity index (χ3v) is 3.27. The van der Waals surface area contributed by atoms with Gasteiger partial charge in [0.15, 0.2) is 0 Å². The van der Waals surface area contributed by atoms with Gasteiger partial charge in [-0.1, -0.05) is 24.3 Å². The van der Waals surface area contributed by atoms with E-state index >= 15 is 0 Å². The third-order valence-electron chi connectivity index (χ3n) is 3.27. The number of hydrogen-bond donors (Lipinski definition) is 0. The zero-order valence-electron chi connectivity index (χ0n) is 8.56. The first kappa shape index (κ1) is 8.98. The van der Waals surface area contributed by atoms with Gasteiger partial charge in [-0.3, -0.25) is 0 Å². The average molecular weight is 202 g/mol. The van der Waals surface area contributed by atoms with E-state index in [1.165, 1.54) is 5.56 Å². The highest BCUT2D eigenvalue weighted by atomic mass is 16.7. The van der Waals surface area contributed by atoms with Crippen molar-refractivity contribution in [2.75, 3.05) is 6.61 Å². The van der Waals surface area contributed by atoms with Crippen LogP contribution in [-0.2, 0) is 4.74 Å². The van der Waals surface area contributed by atoms with E-state index in [1.54, 1.807) is 0 Å². The number of fused-ring (bicyclic) bond motifs is 3. The molecule has 1 aromatic carbocycles. The van der Waals surface area contributed by atoms with Crippen molar-refractivity contribution in [2.45, 2.75) is 18.6 Å². The van der Waals surface area contributed by atoms with E-state index in [2.05, 4.69) is 18.7 Å². The lowest BCUT2D eigenvalue weighted by Crippen LogP contribution is -2.16. The van der Waals surface area contributed by atoms with Gasteiger partial charge in [-0.15, -0.1) is 6.58 Å². The normalized spacial score (nSPS) is 31.9. The fourth-order valence-electron chi connectivity index (χ4n) is 2.57. The van der Waals surface area contributed by atoms with Crippen LogP contribution < -0.4 is 4.74 Å². The molecule has 0 radical (unpaired) electrons. The van der Waals surface area contributed by atoms with Crippen molar-refractivity contribution in [2.24, 2.45) is 5.92 Å². The minimum Gasteiger partial charge on any atom is -0.464 e. The second-order valence-electron chi connectivity index (χ2n) is 4.17. The molecule has 2 heterocycles. The summed E-state index contributed by atoms with van der Waals surface area (Å²) >= 11 is 0. The van der Waals surface area contributed by atoms with Crippen molar-refractivity contribution in [3.05, 3.63) is 42.5 Å². The van der Waals surface area contributed by atoms with Crippen molar-refractivity contribution in [1.29, 1.82) is 0 Å². The largest absolute Gasteiger partial charge is 0.464 e. The van der Waals surface area contributed by atoms with E-state index in [0.29, 0.717) is 11.8 Å². The summed E-state index contributed by atoms with van der Waals surface area (Å²) in [6, 6.07) is 8.23. The van der Waals surface area contributed by atoms with Gasteiger partial charge in [0.2, 0.25) is 6.29 Å². The van der Waals surface area contributed by atoms with E-state index in [1.807, 2.05) is 18.2 Å². The summed E-state index contributed by atoms with van der Waals surface area (Å²) in [4.78, 5) is 0. The lowest BCUT2D eigenvalue weighted by molar-refractivity contribution is -0.0340. The Labute approximate surface area is 89.5 Å². The molecule has 1 fully saturated rings. The Morgan fingerprint density at radius 2 is 2.27 bits per heavy atom. The number of ether oxygens (including phenoxy) is 2. The van der Waals surface area contributed by atoms with Crippen LogP contribution in [0.25, 0.3) is 0 Å². The first-order valence-electron chi connectivity index (χ1n) is 5.38. The van der Waals surface area contributed by atoms with Crippen LogP contribution in [-0.4, -0.2) is 12.9 Å². The molecule has 0 N–H and O–H groups in total. The van der Waals surface area contributed by atoms with Crippen molar-refractivity contribution < 1.29 is 9.47 Å². The zero-order chi connectivity index (χ0) is 10.3. The predicted molar refractivity (Wildman–Crippen MR) is 57.9 cm³/mol. The molecule has 3 rings (SSSR count). The molecule has 1 aromatic rings. The minimum atomic E-state index is -0.0626. The van der Waals surface area contributed by atoms with Crippen LogP contribution in [0.15, 0.2) is 36.9 Å². The second kappa shape index (κ2) is 3.38. The smallest absolute Gasteiger partial charge is 0.207 e. The molecule has 15 heavy (non-hydrogen) atoms. The first-order valence-corrected chi connectivity index (χ1v) is 5.38. The summed E-state index contributed by atoms with van der Waals surface area (Å²) in [5.41, 5.74) is 1.30. The summed E-state index contributed by atoms with van der Waals surface area (Å²) in [5, 5.41) is 0. The molecule has 0 aromatic heterocycles. The van der Waals surface area contributed by atoms with Gasteiger partial charge >= 0.3 is 0 Å². The quantitative estimate of drug-likeness (QED) is 0.686. The third kappa shape index (κ3) is 1.29. The summed E-state index contributed by atoms with van der Waals surface area (Å²) in [7, 11) is 0. The van der Waals surface area contributed by atoms with Crippen molar-refractivity contribution in [3.63, 3.8) is 0 Å². The zero-order valence-corrected chi connectivity index (χ0v) is 8.56. The number of hydrogen-bond acceptors (Lipinski definition) is 2. The number of allylic oxidation sites excluding steroid dienone is 1. The van der Waals surface area contributed by atoms with Gasteiger partial charge in [0.05, 0.1) is 12.5 Å². The molecule has 1 saturated heterocycles. The number of benzene rings is 1. The maximum atomic E-state index is 5.75. The SMILES string of the molecule is C=CC[C@H]1CO[C@@H]2Oc3ccccc3[C@H]12. The predicted octanol–water partition coefficient (Wildman–Crippen LogP) is 2.71. The molecule has 2 heteroatoms. The Bertz CT molecular complexity index is 386. The van der Waals surface area contributed by atoms with Gasteiger partial charge in [-0.2, -0.15) is 0 Å². The van der Waals surface area contributed by atoms with Gasteiger partial charge in [0, 0.05) is 5.56 Å². The van der Waals surface area contributed by atoms with Crippen molar-refractivity contribution >= 4 is 0 Å². The molecule has 2 aliphatic heterocycles. The second-order valence-corrected chi connectivity index (χ2v) is 4.17. The Hall–Kier alpha value is -1.28. The summed E-state index contributed by atoms with van der Waals surface area (Å²) in [5.74, 6) is 1.91. The monoisotopic (exact) mass is 202 g/mol. The Balaban J connectivity index is 1.96. The molecule has 0 spiro atoms. The molecule has 0 amide bonds. The van der Waals surface area contributed by atoms with Crippen LogP contribution in [0.5, 0.6) is 5.75 Å². The highest BCUT2D eigenvalue weighted by Gasteiger charge is 2.44. The highest BCUT2D eigenvalue weighted by Crippen LogP contribution is 2.47. The number of rotatable bonds is 2. The van der Waals surface area contributed by atoms with Crippen LogP contribution in [0.2, 0.25) is 0 Å². The van der Waals surface area contributed by atoms with Crippen LogP contribution >= 0.6 is 0 Å². The summed E-state index contributed by atoms with van der Waals surface area (Å²) in [6.07, 6.45) is 2.91. The lowest BCUT2D eigenvalue weighted by atomic mass is 9.87. The fourth-order valence-corrected chi connectivity index (χ4v) is 2.57. The maximum Gasteiger partial charge on any atom is 0.207 e. The summed E-state index contributed by atoms with van der Waals surface area (Å²) < 4.78 is 11.4. The number of para-hydroxylation sites is 1. The molecule has 0 saturated carbocycles. The van der Waals surface area contributed by atoms with Gasteiger partial charge < -0.3 is 9.47 Å². The van der Waals surface area contributed by atoms with Gasteiger partial charge in [0.25, 0.3) is 0 Å². The molecule has 0 unspecified atom stereocenters. The molecule has 0 aliphatic carbocycles. The van der Waals surface area contributed by atoms with E-state index < -0.39 is 0 Å². The van der Waals surface area contributed by atoms with E-state index in [0.717, 1.165) is 18.8 Å². The van der Waals surface area contributed by atoms with Crippen LogP contribution in [0, 0.1) is 5.92 Å². The van der Waals surface area contributed by atoms with Crippen molar-refractivity contribution in [3.8, 4) is 5.75 Å². The molecule has 3 atom stereocenters. The topological polar surface area (TPSA) is 18.5 Å². The molecule has 2 aliphatic rings. The van der Waals surface area contributed by atoms with E-state index in [9.17, 15) is 0 Å². The molecule has 0 bridgehead atoms. The maximum absolute atomic E-state index is 5.75. The fraction of sp³-hybridized carbons (Fsp3) is 0.385. The first-order chi connectivity index (χ1) is 7.40. The van der Waals surface area contributed by atoms with Crippen LogP contribution in [0.1, 0.15) is 17.9 Å². The Kier molecular flexibility index (Phi) is 2.03. The van der Waals surface area contributed by atoms with Crippen LogP contribution in [0.4, 0.5) is 0 Å². The summed E-state index contributed by atoms with van der Waals surface area (Å²) in [6.45, 7) is 4.59. The molecule has 2 nitrogen and oxygen atoms in total. The lowest BCUT2D eigenvalue weighted by Gasteiger charge is -2.12. The highest BCUT2D eigenvalue weighted by molar-refractivity contribution is 5.41. The molecule has 78 valence electrons. The minimum absolute atomic E-state index is 0.0626. The van der Waals surface area contributed by atoms with Gasteiger partial charge in [-0.05, 0) is 18.4 Å². The standard InChI is InChI=1S/C13H14O2/c1-2-5-9-8-14-13-12(9)10-6-3-4-7-11(10)15-13/h2-4,6-7,9,12-13H,1,5,8H2/t9-,12-,13+/m0/s1. The van der Waals surface area contributed by atoms with E-state index in [4.69, 9.17) is 9.47 Å². The Morgan fingerprint density at radius 3 is 3.13 bits per heavy atom. The Morgan fingerprint density at radius 1 is 1.40 bits per heavy atom. The van der Waals surface area contributed by atoms with E-state index in [-0.39, 0.29) is 6.29 Å². The van der Waals surface area contributed by atoms with Gasteiger partial charge in [0.1, 0.15) is 5.75 Å². The van der Waals surface area contributed by atoms with Gasteiger partial charge in [-0.25, -0.2) is 0 Å².